The number of rotatable bonds is 4. The Morgan fingerprint density at radius 3 is 2.82 bits per heavy atom. The first kappa shape index (κ1) is 19.9. The zero-order valence-electron chi connectivity index (χ0n) is 18.2. The van der Waals surface area contributed by atoms with Crippen molar-refractivity contribution in [3.8, 4) is 11.3 Å². The van der Waals surface area contributed by atoms with Crippen LogP contribution in [0.15, 0.2) is 47.8 Å². The summed E-state index contributed by atoms with van der Waals surface area (Å²) >= 11 is 0. The van der Waals surface area contributed by atoms with E-state index >= 15 is 0 Å². The zero-order chi connectivity index (χ0) is 22.5. The molecule has 1 amide bonds. The number of hydrogen-bond donors (Lipinski definition) is 2. The van der Waals surface area contributed by atoms with Gasteiger partial charge in [-0.25, -0.2) is 9.97 Å². The third-order valence-corrected chi connectivity index (χ3v) is 6.57. The molecule has 0 aromatic carbocycles. The number of morpholine rings is 1. The van der Waals surface area contributed by atoms with E-state index in [1.807, 2.05) is 16.7 Å². The molecule has 1 saturated carbocycles. The van der Waals surface area contributed by atoms with E-state index in [0.29, 0.717) is 22.5 Å². The molecule has 4 aromatic rings. The molecule has 1 aliphatic heterocycles. The van der Waals surface area contributed by atoms with Gasteiger partial charge >= 0.3 is 0 Å². The maximum absolute atomic E-state index is 12.4. The molecule has 0 spiro atoms. The van der Waals surface area contributed by atoms with Crippen LogP contribution in [-0.4, -0.2) is 51.6 Å². The van der Waals surface area contributed by atoms with Gasteiger partial charge in [0.2, 0.25) is 5.91 Å². The van der Waals surface area contributed by atoms with Crippen LogP contribution in [0.25, 0.3) is 27.7 Å². The molecule has 2 atom stereocenters. The highest BCUT2D eigenvalue weighted by atomic mass is 16.5. The number of nitrogens with one attached hydrogen (secondary N) is 2. The number of amides is 1. The largest absolute Gasteiger partial charge is 0.378 e. The molecule has 0 bridgehead atoms. The smallest absolute Gasteiger partial charge is 0.257 e. The highest BCUT2D eigenvalue weighted by Gasteiger charge is 2.39. The fourth-order valence-corrected chi connectivity index (χ4v) is 4.46. The summed E-state index contributed by atoms with van der Waals surface area (Å²) in [6, 6.07) is 5.82. The van der Waals surface area contributed by atoms with Gasteiger partial charge in [-0.2, -0.15) is 0 Å². The number of ether oxygens (including phenoxy) is 1. The molecule has 168 valence electrons. The Morgan fingerprint density at radius 2 is 2.03 bits per heavy atom. The van der Waals surface area contributed by atoms with Gasteiger partial charge in [0, 0.05) is 54.7 Å². The number of aromatic nitrogens is 4. The van der Waals surface area contributed by atoms with Crippen molar-refractivity contribution in [1.82, 2.24) is 19.4 Å². The molecule has 6 rings (SSSR count). The molecular weight excluding hydrogens is 420 g/mol. The summed E-state index contributed by atoms with van der Waals surface area (Å²) < 4.78 is 7.45. The van der Waals surface area contributed by atoms with Crippen LogP contribution in [0.5, 0.6) is 0 Å². The molecule has 2 fully saturated rings. The lowest BCUT2D eigenvalue weighted by Gasteiger charge is -2.28. The number of anilines is 2. The molecule has 1 saturated heterocycles. The number of pyridine rings is 3. The quantitative estimate of drug-likeness (QED) is 0.502. The second kappa shape index (κ2) is 7.70. The maximum Gasteiger partial charge on any atom is 0.257 e. The Hall–Kier alpha value is -3.72. The normalized spacial score (nSPS) is 20.3. The number of nitrogens with zero attached hydrogens (tertiary/aromatic N) is 4. The van der Waals surface area contributed by atoms with Gasteiger partial charge in [-0.1, -0.05) is 6.92 Å². The van der Waals surface area contributed by atoms with Crippen LogP contribution < -0.4 is 15.8 Å². The van der Waals surface area contributed by atoms with Crippen molar-refractivity contribution in [3.05, 3.63) is 53.3 Å². The summed E-state index contributed by atoms with van der Waals surface area (Å²) in [4.78, 5) is 38.9. The van der Waals surface area contributed by atoms with Crippen LogP contribution in [0, 0.1) is 11.8 Å². The molecule has 33 heavy (non-hydrogen) atoms. The Kier molecular flexibility index (Phi) is 4.65. The summed E-state index contributed by atoms with van der Waals surface area (Å²) in [7, 11) is 0. The minimum atomic E-state index is -0.228. The average Bonchev–Trinajstić information content (AvgIpc) is 3.42. The highest BCUT2D eigenvalue weighted by Crippen LogP contribution is 2.38. The Morgan fingerprint density at radius 1 is 1.21 bits per heavy atom. The molecule has 0 radical (unpaired) electrons. The second-order valence-corrected chi connectivity index (χ2v) is 8.83. The number of fused-ring (bicyclic) bond motifs is 2. The van der Waals surface area contributed by atoms with Crippen molar-refractivity contribution >= 4 is 33.8 Å². The predicted molar refractivity (Wildman–Crippen MR) is 125 cm³/mol. The molecule has 9 nitrogen and oxygen atoms in total. The van der Waals surface area contributed by atoms with Gasteiger partial charge in [-0.15, -0.1) is 0 Å². The molecule has 0 unspecified atom stereocenters. The van der Waals surface area contributed by atoms with E-state index in [1.165, 1.54) is 6.20 Å². The number of hydrogen-bond acceptors (Lipinski definition) is 6. The van der Waals surface area contributed by atoms with E-state index in [-0.39, 0.29) is 17.4 Å². The summed E-state index contributed by atoms with van der Waals surface area (Å²) in [5.74, 6) is 0.866. The Balaban J connectivity index is 1.39. The third-order valence-electron chi connectivity index (χ3n) is 6.57. The van der Waals surface area contributed by atoms with E-state index in [1.54, 1.807) is 12.3 Å². The van der Waals surface area contributed by atoms with Gasteiger partial charge in [0.1, 0.15) is 11.5 Å². The van der Waals surface area contributed by atoms with Gasteiger partial charge < -0.3 is 24.3 Å². The number of H-pyrrole nitrogens is 1. The van der Waals surface area contributed by atoms with Gasteiger partial charge in [-0.05, 0) is 30.5 Å². The van der Waals surface area contributed by atoms with E-state index in [0.717, 1.165) is 55.3 Å². The van der Waals surface area contributed by atoms with E-state index in [4.69, 9.17) is 9.72 Å². The molecule has 2 aliphatic rings. The molecule has 4 aromatic heterocycles. The average molecular weight is 444 g/mol. The fourth-order valence-electron chi connectivity index (χ4n) is 4.46. The number of carbonyl (C=O) groups excluding carboxylic acids is 1. The summed E-state index contributed by atoms with van der Waals surface area (Å²) in [6.45, 7) is 5.23. The molecule has 1 aliphatic carbocycles. The first-order chi connectivity index (χ1) is 16.1. The van der Waals surface area contributed by atoms with E-state index in [9.17, 15) is 9.59 Å². The summed E-state index contributed by atoms with van der Waals surface area (Å²) in [5, 5.41) is 4.05. The van der Waals surface area contributed by atoms with E-state index < -0.39 is 0 Å². The Bertz CT molecular complexity index is 1440. The van der Waals surface area contributed by atoms with Gasteiger partial charge in [-0.3, -0.25) is 9.59 Å². The molecule has 5 heterocycles. The van der Waals surface area contributed by atoms with Crippen LogP contribution in [0.1, 0.15) is 13.3 Å². The molecule has 2 N–H and O–H groups in total. The maximum atomic E-state index is 12.4. The minimum Gasteiger partial charge on any atom is -0.378 e. The molecular formula is C24H24N6O3. The van der Waals surface area contributed by atoms with E-state index in [2.05, 4.69) is 39.4 Å². The van der Waals surface area contributed by atoms with Crippen LogP contribution in [0.4, 0.5) is 11.5 Å². The topological polar surface area (TPSA) is 105 Å². The summed E-state index contributed by atoms with van der Waals surface area (Å²) in [5.41, 5.74) is 3.21. The first-order valence-corrected chi connectivity index (χ1v) is 11.2. The monoisotopic (exact) mass is 444 g/mol. The Labute approximate surface area is 189 Å². The first-order valence-electron chi connectivity index (χ1n) is 11.2. The van der Waals surface area contributed by atoms with Crippen molar-refractivity contribution in [2.24, 2.45) is 11.8 Å². The second-order valence-electron chi connectivity index (χ2n) is 8.83. The lowest BCUT2D eigenvalue weighted by Crippen LogP contribution is -2.36. The van der Waals surface area contributed by atoms with Crippen LogP contribution >= 0.6 is 0 Å². The number of aromatic amines is 1. The van der Waals surface area contributed by atoms with Crippen LogP contribution in [0.3, 0.4) is 0 Å². The zero-order valence-corrected chi connectivity index (χ0v) is 18.2. The van der Waals surface area contributed by atoms with Crippen molar-refractivity contribution in [2.75, 3.05) is 36.5 Å². The van der Waals surface area contributed by atoms with Crippen molar-refractivity contribution in [1.29, 1.82) is 0 Å². The lowest BCUT2D eigenvalue weighted by atomic mass is 10.1. The highest BCUT2D eigenvalue weighted by molar-refractivity contribution is 5.99. The van der Waals surface area contributed by atoms with Crippen LogP contribution in [-0.2, 0) is 9.53 Å². The third kappa shape index (κ3) is 3.64. The summed E-state index contributed by atoms with van der Waals surface area (Å²) in [6.07, 6.45) is 8.10. The minimum absolute atomic E-state index is 0.0240. The van der Waals surface area contributed by atoms with Gasteiger partial charge in [0.15, 0.2) is 0 Å². The SMILES string of the molecule is C[C@@H]1C[C@@H]1C(=O)Nc1cc2c(-c3cn4cc(N5CCOCC5)ccc4n3)c[nH]c(=O)c2cn1. The number of imidazole rings is 1. The molecule has 9 heteroatoms. The van der Waals surface area contributed by atoms with Crippen molar-refractivity contribution in [3.63, 3.8) is 0 Å². The van der Waals surface area contributed by atoms with Gasteiger partial charge in [0.05, 0.1) is 30.0 Å². The van der Waals surface area contributed by atoms with Gasteiger partial charge in [0.25, 0.3) is 5.56 Å². The lowest BCUT2D eigenvalue weighted by molar-refractivity contribution is -0.117. The van der Waals surface area contributed by atoms with Crippen molar-refractivity contribution < 1.29 is 9.53 Å². The van der Waals surface area contributed by atoms with Crippen LogP contribution in [0.2, 0.25) is 0 Å². The number of carbonyl (C=O) groups is 1. The standard InChI is InChI=1S/C24H24N6O3/c1-14-8-16(14)24(32)28-21-9-17-18(10-26-23(31)19(17)11-25-21)20-13-30-12-15(2-3-22(30)27-20)29-4-6-33-7-5-29/h2-3,9-14,16H,4-8H2,1H3,(H,26,31)(H,25,28,32)/t14-,16+/m1/s1. The predicted octanol–water partition coefficient (Wildman–Crippen LogP) is 2.67. The fraction of sp³-hybridized carbons (Fsp3) is 0.333. The van der Waals surface area contributed by atoms with Crippen molar-refractivity contribution in [2.45, 2.75) is 13.3 Å².